The van der Waals surface area contributed by atoms with Crippen LogP contribution in [-0.2, 0) is 27.2 Å². The molecule has 1 aliphatic heterocycles. The summed E-state index contributed by atoms with van der Waals surface area (Å²) in [5.41, 5.74) is 10.6. The number of nitrogens with zero attached hydrogens (tertiary/aromatic N) is 1. The van der Waals surface area contributed by atoms with Gasteiger partial charge >= 0.3 is 11.9 Å². The molecule has 1 unspecified atom stereocenters. The van der Waals surface area contributed by atoms with Gasteiger partial charge in [0.05, 0.1) is 0 Å². The third-order valence-corrected chi connectivity index (χ3v) is 6.56. The van der Waals surface area contributed by atoms with Crippen LogP contribution in [-0.4, -0.2) is 50.3 Å². The van der Waals surface area contributed by atoms with Crippen molar-refractivity contribution in [1.29, 1.82) is 0 Å². The molecule has 1 aliphatic rings. The number of carboxylic acid groups (broad SMARTS) is 2. The molecular weight excluding hydrogens is 490 g/mol. The van der Waals surface area contributed by atoms with Crippen LogP contribution in [0, 0.1) is 27.7 Å². The Bertz CT molecular complexity index is 1200. The highest BCUT2D eigenvalue weighted by molar-refractivity contribution is 5.89. The highest BCUT2D eigenvalue weighted by atomic mass is 16.5. The van der Waals surface area contributed by atoms with Gasteiger partial charge in [-0.25, -0.2) is 14.6 Å². The Morgan fingerprint density at radius 2 is 1.68 bits per heavy atom. The van der Waals surface area contributed by atoms with E-state index in [1.54, 1.807) is 0 Å². The number of nitrogens with one attached hydrogen (secondary N) is 1. The monoisotopic (exact) mass is 527 g/mol. The van der Waals surface area contributed by atoms with Gasteiger partial charge < -0.3 is 31.1 Å². The third kappa shape index (κ3) is 7.96. The number of ether oxygens (including phenoxy) is 1. The number of phenolic OH excluding ortho intramolecular Hbond substituents is 1. The lowest BCUT2D eigenvalue weighted by molar-refractivity contribution is -0.137. The van der Waals surface area contributed by atoms with E-state index in [1.165, 1.54) is 0 Å². The topological polar surface area (TPSA) is 172 Å². The Labute approximate surface area is 222 Å². The predicted octanol–water partition coefficient (Wildman–Crippen LogP) is 3.54. The molecular formula is C28H37N3O7. The van der Waals surface area contributed by atoms with E-state index in [0.29, 0.717) is 43.1 Å². The number of carboxylic acids is 2. The first-order valence-corrected chi connectivity index (χ1v) is 12.4. The molecule has 0 bridgehead atoms. The maximum absolute atomic E-state index is 12.9. The number of phenols is 1. The van der Waals surface area contributed by atoms with Crippen molar-refractivity contribution in [1.82, 2.24) is 10.3 Å². The number of nitrogen functional groups attached to an aromatic ring is 1. The number of unbranched alkanes of at least 4 members (excludes halogenated alkanes) is 1. The van der Waals surface area contributed by atoms with Gasteiger partial charge in [-0.2, -0.15) is 0 Å². The molecule has 10 nitrogen and oxygen atoms in total. The molecule has 0 saturated carbocycles. The number of anilines is 1. The number of carbonyl (C=O) groups excluding carboxylic acids is 1. The number of carbonyl (C=O) groups is 3. The normalized spacial score (nSPS) is 16.1. The number of nitrogens with two attached hydrogens (primary N) is 1. The molecule has 1 aromatic heterocycles. The van der Waals surface area contributed by atoms with Crippen molar-refractivity contribution in [2.45, 2.75) is 72.3 Å². The van der Waals surface area contributed by atoms with Crippen molar-refractivity contribution in [2.24, 2.45) is 0 Å². The number of fused-ring (bicyclic) bond motifs is 1. The van der Waals surface area contributed by atoms with Crippen molar-refractivity contribution in [3.63, 3.8) is 0 Å². The minimum atomic E-state index is -1.26. The van der Waals surface area contributed by atoms with Gasteiger partial charge in [0.2, 0.25) is 0 Å². The molecule has 10 heteroatoms. The van der Waals surface area contributed by atoms with Crippen LogP contribution in [0.4, 0.5) is 5.82 Å². The Balaban J connectivity index is 0.000000550. The van der Waals surface area contributed by atoms with E-state index in [9.17, 15) is 19.5 Å². The summed E-state index contributed by atoms with van der Waals surface area (Å²) in [4.78, 5) is 36.3. The maximum atomic E-state index is 12.9. The van der Waals surface area contributed by atoms with Crippen LogP contribution in [0.3, 0.4) is 0 Å². The van der Waals surface area contributed by atoms with Gasteiger partial charge in [-0.15, -0.1) is 0 Å². The number of hydrogen-bond donors (Lipinski definition) is 5. The number of amides is 1. The molecule has 1 aromatic carbocycles. The Morgan fingerprint density at radius 3 is 2.26 bits per heavy atom. The SMILES string of the molecule is Cc1cc(N)nc(CCCCNC(=O)C2(C)CCc3c(C)c(O)c(C)c(C)c3O2)c1.O=C(O)/C=C/C(=O)O. The van der Waals surface area contributed by atoms with Crippen LogP contribution in [0.1, 0.15) is 59.7 Å². The van der Waals surface area contributed by atoms with Gasteiger partial charge in [-0.3, -0.25) is 4.79 Å². The van der Waals surface area contributed by atoms with E-state index in [1.807, 2.05) is 46.8 Å². The summed E-state index contributed by atoms with van der Waals surface area (Å²) >= 11 is 0. The van der Waals surface area contributed by atoms with Crippen LogP contribution >= 0.6 is 0 Å². The van der Waals surface area contributed by atoms with E-state index in [4.69, 9.17) is 20.7 Å². The first kappa shape index (κ1) is 30.1. The van der Waals surface area contributed by atoms with E-state index < -0.39 is 17.5 Å². The molecule has 6 N–H and O–H groups in total. The average molecular weight is 528 g/mol. The zero-order valence-corrected chi connectivity index (χ0v) is 22.6. The molecule has 1 amide bonds. The lowest BCUT2D eigenvalue weighted by atomic mass is 9.86. The van der Waals surface area contributed by atoms with Gasteiger partial charge in [0.15, 0.2) is 5.60 Å². The zero-order valence-electron chi connectivity index (χ0n) is 22.6. The number of rotatable bonds is 8. The van der Waals surface area contributed by atoms with Gasteiger partial charge in [-0.05, 0) is 94.7 Å². The smallest absolute Gasteiger partial charge is 0.328 e. The van der Waals surface area contributed by atoms with E-state index >= 15 is 0 Å². The van der Waals surface area contributed by atoms with Crippen LogP contribution in [0.5, 0.6) is 11.5 Å². The molecule has 1 atom stereocenters. The molecule has 0 fully saturated rings. The summed E-state index contributed by atoms with van der Waals surface area (Å²) in [7, 11) is 0. The lowest BCUT2D eigenvalue weighted by Crippen LogP contribution is -2.51. The largest absolute Gasteiger partial charge is 0.507 e. The lowest BCUT2D eigenvalue weighted by Gasteiger charge is -2.36. The third-order valence-electron chi connectivity index (χ3n) is 6.56. The number of pyridine rings is 1. The molecule has 2 aromatic rings. The quantitative estimate of drug-likeness (QED) is 0.254. The number of benzene rings is 1. The van der Waals surface area contributed by atoms with Crippen molar-refractivity contribution in [3.05, 3.63) is 57.8 Å². The fourth-order valence-corrected chi connectivity index (χ4v) is 4.27. The summed E-state index contributed by atoms with van der Waals surface area (Å²) in [6, 6.07) is 3.91. The molecule has 0 saturated heterocycles. The fraction of sp³-hybridized carbons (Fsp3) is 0.429. The number of aromatic nitrogens is 1. The summed E-state index contributed by atoms with van der Waals surface area (Å²) in [5.74, 6) is -0.980. The molecule has 38 heavy (non-hydrogen) atoms. The summed E-state index contributed by atoms with van der Waals surface area (Å²) in [6.45, 7) is 10.2. The van der Waals surface area contributed by atoms with E-state index in [2.05, 4.69) is 10.3 Å². The summed E-state index contributed by atoms with van der Waals surface area (Å²) in [6.07, 6.45) is 5.03. The highest BCUT2D eigenvalue weighted by Crippen LogP contribution is 2.43. The van der Waals surface area contributed by atoms with Crippen LogP contribution < -0.4 is 15.8 Å². The first-order valence-electron chi connectivity index (χ1n) is 12.4. The molecule has 0 spiro atoms. The van der Waals surface area contributed by atoms with E-state index in [-0.39, 0.29) is 5.91 Å². The Morgan fingerprint density at radius 1 is 1.05 bits per heavy atom. The van der Waals surface area contributed by atoms with Crippen molar-refractivity contribution >= 4 is 23.7 Å². The summed E-state index contributed by atoms with van der Waals surface area (Å²) in [5, 5.41) is 29.0. The minimum absolute atomic E-state index is 0.0890. The number of hydrogen-bond acceptors (Lipinski definition) is 7. The summed E-state index contributed by atoms with van der Waals surface area (Å²) < 4.78 is 6.23. The molecule has 2 heterocycles. The van der Waals surface area contributed by atoms with Crippen LogP contribution in [0.25, 0.3) is 0 Å². The molecule has 0 aliphatic carbocycles. The number of aromatic hydroxyl groups is 1. The van der Waals surface area contributed by atoms with Gasteiger partial charge in [0.25, 0.3) is 5.91 Å². The van der Waals surface area contributed by atoms with E-state index in [0.717, 1.165) is 58.5 Å². The second-order valence-electron chi connectivity index (χ2n) is 9.65. The van der Waals surface area contributed by atoms with Crippen LogP contribution in [0.2, 0.25) is 0 Å². The molecule has 3 rings (SSSR count). The first-order chi connectivity index (χ1) is 17.7. The standard InChI is InChI=1S/C24H33N3O3.C4H4O4/c1-14-12-18(27-20(25)13-14)8-6-7-11-26-23(29)24(5)10-9-19-17(4)21(28)15(2)16(3)22(19)30-24;5-3(6)1-2-4(7)8/h12-13,28H,6-11H2,1-5H3,(H2,25,27)(H,26,29);1-2H,(H,5,6)(H,7,8)/b;2-1+. The second-order valence-corrected chi connectivity index (χ2v) is 9.65. The predicted molar refractivity (Wildman–Crippen MR) is 143 cm³/mol. The average Bonchev–Trinajstić information content (AvgIpc) is 2.84. The van der Waals surface area contributed by atoms with Crippen molar-refractivity contribution in [2.75, 3.05) is 12.3 Å². The molecule has 206 valence electrons. The highest BCUT2D eigenvalue weighted by Gasteiger charge is 2.40. The Kier molecular flexibility index (Phi) is 10.3. The fourth-order valence-electron chi connectivity index (χ4n) is 4.27. The second kappa shape index (κ2) is 12.9. The number of aliphatic carboxylic acids is 2. The van der Waals surface area contributed by atoms with Gasteiger partial charge in [0.1, 0.15) is 17.3 Å². The Hall–Kier alpha value is -4.08. The van der Waals surface area contributed by atoms with Gasteiger partial charge in [-0.1, -0.05) is 0 Å². The maximum Gasteiger partial charge on any atom is 0.328 e. The van der Waals surface area contributed by atoms with Gasteiger partial charge in [0, 0.05) is 36.4 Å². The van der Waals surface area contributed by atoms with Crippen molar-refractivity contribution < 1.29 is 34.4 Å². The minimum Gasteiger partial charge on any atom is -0.507 e. The van der Waals surface area contributed by atoms with Crippen molar-refractivity contribution in [3.8, 4) is 11.5 Å². The number of aryl methyl sites for hydroxylation is 2. The molecule has 0 radical (unpaired) electrons. The van der Waals surface area contributed by atoms with Crippen LogP contribution in [0.15, 0.2) is 24.3 Å². The zero-order chi connectivity index (χ0) is 28.6.